The van der Waals surface area contributed by atoms with E-state index in [0.29, 0.717) is 12.2 Å². The lowest BCUT2D eigenvalue weighted by Crippen LogP contribution is -2.37. The molecule has 0 spiro atoms. The fourth-order valence-corrected chi connectivity index (χ4v) is 3.46. The van der Waals surface area contributed by atoms with Crippen molar-refractivity contribution in [2.24, 2.45) is 0 Å². The summed E-state index contributed by atoms with van der Waals surface area (Å²) in [6.45, 7) is 4.26. The molecule has 3 rings (SSSR count). The molecule has 5 heteroatoms. The van der Waals surface area contributed by atoms with Crippen molar-refractivity contribution in [3.05, 3.63) is 36.8 Å². The van der Waals surface area contributed by atoms with E-state index in [1.807, 2.05) is 25.2 Å². The minimum Gasteiger partial charge on any atom is -0.497 e. The third-order valence-corrected chi connectivity index (χ3v) is 5.16. The highest BCUT2D eigenvalue weighted by molar-refractivity contribution is 5.59. The molecular weight excluding hydrogens is 314 g/mol. The molecule has 5 nitrogen and oxygen atoms in total. The molecule has 1 unspecified atom stereocenters. The number of ether oxygens (including phenoxy) is 1. The van der Waals surface area contributed by atoms with Gasteiger partial charge in [0.1, 0.15) is 12.5 Å². The Balaban J connectivity index is 0.00000109. The number of aromatic nitrogens is 2. The van der Waals surface area contributed by atoms with Gasteiger partial charge in [-0.25, -0.2) is 4.98 Å². The summed E-state index contributed by atoms with van der Waals surface area (Å²) in [5.74, 6) is 0.874. The summed E-state index contributed by atoms with van der Waals surface area (Å²) in [5, 5.41) is 0. The third-order valence-electron chi connectivity index (χ3n) is 5.16. The zero-order chi connectivity index (χ0) is 18.2. The Bertz CT molecular complexity index is 633. The van der Waals surface area contributed by atoms with Gasteiger partial charge in [0.25, 0.3) is 0 Å². The van der Waals surface area contributed by atoms with Crippen molar-refractivity contribution in [2.75, 3.05) is 14.2 Å². The van der Waals surface area contributed by atoms with Crippen LogP contribution in [-0.2, 0) is 4.79 Å². The Morgan fingerprint density at radius 3 is 2.44 bits per heavy atom. The van der Waals surface area contributed by atoms with Crippen LogP contribution >= 0.6 is 0 Å². The molecule has 1 aliphatic rings. The standard InChI is InChI=1S/C19H27N3O.CH2O/c1-15(21(2)17-7-5-4-6-8-17)22-13-19(20-14-22)16-9-11-18(23-3)12-10-16;1-2/h9-15,17H,4-8H2,1-3H3;1H2. The van der Waals surface area contributed by atoms with Gasteiger partial charge in [0, 0.05) is 17.8 Å². The fourth-order valence-electron chi connectivity index (χ4n) is 3.46. The van der Waals surface area contributed by atoms with Crippen molar-refractivity contribution in [2.45, 2.75) is 51.2 Å². The predicted octanol–water partition coefficient (Wildman–Crippen LogP) is 4.16. The quantitative estimate of drug-likeness (QED) is 0.818. The van der Waals surface area contributed by atoms with Crippen LogP contribution in [0.15, 0.2) is 36.8 Å². The van der Waals surface area contributed by atoms with Crippen LogP contribution in [0.3, 0.4) is 0 Å². The second-order valence-electron chi connectivity index (χ2n) is 6.52. The maximum Gasteiger partial charge on any atom is 0.118 e. The Labute approximate surface area is 150 Å². The highest BCUT2D eigenvalue weighted by Gasteiger charge is 2.22. The molecule has 0 N–H and O–H groups in total. The number of carbonyl (C=O) groups is 1. The first kappa shape index (κ1) is 19.2. The molecule has 25 heavy (non-hydrogen) atoms. The Morgan fingerprint density at radius 2 is 1.84 bits per heavy atom. The van der Waals surface area contributed by atoms with Crippen molar-refractivity contribution < 1.29 is 9.53 Å². The average Bonchev–Trinajstić information content (AvgIpc) is 3.19. The maximum absolute atomic E-state index is 8.00. The number of imidazole rings is 1. The SMILES string of the molecule is C=O.COc1ccc(-c2cn(C(C)N(C)C3CCCCC3)cn2)cc1. The highest BCUT2D eigenvalue weighted by atomic mass is 16.5. The number of benzene rings is 1. The van der Waals surface area contributed by atoms with Crippen LogP contribution in [0.1, 0.15) is 45.2 Å². The van der Waals surface area contributed by atoms with E-state index in [4.69, 9.17) is 9.53 Å². The number of nitrogens with zero attached hydrogens (tertiary/aromatic N) is 3. The average molecular weight is 343 g/mol. The molecule has 0 amide bonds. The molecule has 1 aromatic heterocycles. The summed E-state index contributed by atoms with van der Waals surface area (Å²) < 4.78 is 7.43. The molecule has 0 aliphatic heterocycles. The first-order valence-corrected chi connectivity index (χ1v) is 8.87. The number of methoxy groups -OCH3 is 1. The van der Waals surface area contributed by atoms with Crippen LogP contribution in [0.4, 0.5) is 0 Å². The van der Waals surface area contributed by atoms with Crippen molar-refractivity contribution in [1.29, 1.82) is 0 Å². The van der Waals surface area contributed by atoms with Crippen LogP contribution in [0.25, 0.3) is 11.3 Å². The third kappa shape index (κ3) is 4.69. The molecule has 1 atom stereocenters. The topological polar surface area (TPSA) is 47.4 Å². The van der Waals surface area contributed by atoms with Gasteiger partial charge in [-0.1, -0.05) is 19.3 Å². The number of hydrogen-bond donors (Lipinski definition) is 0. The van der Waals surface area contributed by atoms with E-state index in [9.17, 15) is 0 Å². The second kappa shape index (κ2) is 9.37. The van der Waals surface area contributed by atoms with Crippen LogP contribution in [0.5, 0.6) is 5.75 Å². The Morgan fingerprint density at radius 1 is 1.20 bits per heavy atom. The summed E-state index contributed by atoms with van der Waals surface area (Å²) >= 11 is 0. The van der Waals surface area contributed by atoms with Gasteiger partial charge in [0.05, 0.1) is 25.3 Å². The largest absolute Gasteiger partial charge is 0.497 e. The Kier molecular flexibility index (Phi) is 7.19. The van der Waals surface area contributed by atoms with E-state index in [-0.39, 0.29) is 0 Å². The molecule has 1 aromatic carbocycles. The summed E-state index contributed by atoms with van der Waals surface area (Å²) in [5.41, 5.74) is 2.13. The molecule has 1 heterocycles. The minimum absolute atomic E-state index is 0.331. The van der Waals surface area contributed by atoms with Crippen molar-refractivity contribution in [1.82, 2.24) is 14.5 Å². The van der Waals surface area contributed by atoms with Crippen LogP contribution < -0.4 is 4.74 Å². The predicted molar refractivity (Wildman–Crippen MR) is 101 cm³/mol. The van der Waals surface area contributed by atoms with Gasteiger partial charge in [0.15, 0.2) is 0 Å². The Hall–Kier alpha value is -2.14. The van der Waals surface area contributed by atoms with E-state index in [1.165, 1.54) is 32.1 Å². The number of rotatable bonds is 5. The summed E-state index contributed by atoms with van der Waals surface area (Å²) in [7, 11) is 3.93. The van der Waals surface area contributed by atoms with Crippen molar-refractivity contribution in [3.63, 3.8) is 0 Å². The van der Waals surface area contributed by atoms with E-state index in [2.05, 4.69) is 46.8 Å². The minimum atomic E-state index is 0.331. The lowest BCUT2D eigenvalue weighted by Gasteiger charge is -2.35. The fraction of sp³-hybridized carbons (Fsp3) is 0.500. The van der Waals surface area contributed by atoms with Crippen LogP contribution in [0, 0.1) is 0 Å². The molecule has 0 saturated heterocycles. The molecule has 1 aliphatic carbocycles. The van der Waals surface area contributed by atoms with E-state index in [1.54, 1.807) is 7.11 Å². The summed E-state index contributed by atoms with van der Waals surface area (Å²) in [6.07, 6.45) is 11.2. The van der Waals surface area contributed by atoms with E-state index >= 15 is 0 Å². The smallest absolute Gasteiger partial charge is 0.118 e. The zero-order valence-corrected chi connectivity index (χ0v) is 15.5. The monoisotopic (exact) mass is 343 g/mol. The lowest BCUT2D eigenvalue weighted by atomic mass is 9.94. The molecule has 1 fully saturated rings. The normalized spacial score (nSPS) is 16.2. The van der Waals surface area contributed by atoms with Crippen molar-refractivity contribution >= 4 is 6.79 Å². The van der Waals surface area contributed by atoms with Gasteiger partial charge < -0.3 is 14.1 Å². The van der Waals surface area contributed by atoms with Crippen molar-refractivity contribution in [3.8, 4) is 17.0 Å². The molecule has 136 valence electrons. The number of hydrogen-bond acceptors (Lipinski definition) is 4. The van der Waals surface area contributed by atoms with Gasteiger partial charge in [-0.05, 0) is 51.1 Å². The van der Waals surface area contributed by atoms with Gasteiger partial charge in [0.2, 0.25) is 0 Å². The molecular formula is C20H29N3O2. The first-order chi connectivity index (χ1) is 12.2. The second-order valence-corrected chi connectivity index (χ2v) is 6.52. The van der Waals surface area contributed by atoms with Gasteiger partial charge in [-0.2, -0.15) is 0 Å². The molecule has 0 bridgehead atoms. The molecule has 0 radical (unpaired) electrons. The van der Waals surface area contributed by atoms with E-state index < -0.39 is 0 Å². The highest BCUT2D eigenvalue weighted by Crippen LogP contribution is 2.27. The lowest BCUT2D eigenvalue weighted by molar-refractivity contribution is -0.0979. The van der Waals surface area contributed by atoms with Gasteiger partial charge in [-0.3, -0.25) is 4.90 Å². The zero-order valence-electron chi connectivity index (χ0n) is 15.5. The number of carbonyl (C=O) groups excluding carboxylic acids is 1. The summed E-state index contributed by atoms with van der Waals surface area (Å²) in [4.78, 5) is 15.1. The van der Waals surface area contributed by atoms with Gasteiger partial charge >= 0.3 is 0 Å². The van der Waals surface area contributed by atoms with Gasteiger partial charge in [-0.15, -0.1) is 0 Å². The molecule has 2 aromatic rings. The van der Waals surface area contributed by atoms with E-state index in [0.717, 1.165) is 17.0 Å². The van der Waals surface area contributed by atoms with Crippen LogP contribution in [0.2, 0.25) is 0 Å². The maximum atomic E-state index is 8.00. The molecule has 1 saturated carbocycles. The summed E-state index contributed by atoms with van der Waals surface area (Å²) in [6, 6.07) is 8.77. The first-order valence-electron chi connectivity index (χ1n) is 8.87. The van der Waals surface area contributed by atoms with Crippen LogP contribution in [-0.4, -0.2) is 41.4 Å².